The van der Waals surface area contributed by atoms with E-state index in [0.29, 0.717) is 5.69 Å². The Morgan fingerprint density at radius 2 is 1.52 bits per heavy atom. The van der Waals surface area contributed by atoms with Gasteiger partial charge < -0.3 is 14.8 Å². The van der Waals surface area contributed by atoms with Crippen LogP contribution in [0.5, 0.6) is 11.5 Å². The molecule has 3 aromatic carbocycles. The van der Waals surface area contributed by atoms with E-state index in [0.717, 1.165) is 22.9 Å². The van der Waals surface area contributed by atoms with E-state index in [1.54, 1.807) is 19.2 Å². The van der Waals surface area contributed by atoms with Crippen molar-refractivity contribution in [3.63, 3.8) is 0 Å². The van der Waals surface area contributed by atoms with E-state index in [1.807, 2.05) is 36.4 Å². The number of anilines is 2. The average molecular weight is 368 g/mol. The van der Waals surface area contributed by atoms with Crippen molar-refractivity contribution < 1.29 is 18.8 Å². The second-order valence-electron chi connectivity index (χ2n) is 5.69. The maximum atomic E-state index is 13.8. The van der Waals surface area contributed by atoms with Crippen LogP contribution in [0.3, 0.4) is 0 Å². The molecule has 27 heavy (non-hydrogen) atoms. The number of nitro benzene ring substituents is 1. The second kappa shape index (κ2) is 7.74. The third kappa shape index (κ3) is 3.98. The number of rotatable bonds is 6. The summed E-state index contributed by atoms with van der Waals surface area (Å²) in [6.45, 7) is 0. The summed E-state index contributed by atoms with van der Waals surface area (Å²) >= 11 is 0. The number of nitrogens with one attached hydrogen (secondary N) is 1. The van der Waals surface area contributed by atoms with E-state index in [1.165, 1.54) is 13.2 Å². The van der Waals surface area contributed by atoms with Crippen molar-refractivity contribution in [2.24, 2.45) is 0 Å². The molecule has 0 saturated carbocycles. The zero-order valence-corrected chi connectivity index (χ0v) is 14.7. The number of benzene rings is 3. The maximum absolute atomic E-state index is 13.8. The van der Waals surface area contributed by atoms with Gasteiger partial charge >= 0.3 is 0 Å². The van der Waals surface area contributed by atoms with Crippen molar-refractivity contribution >= 4 is 17.1 Å². The number of halogens is 1. The van der Waals surface area contributed by atoms with E-state index in [9.17, 15) is 14.5 Å². The van der Waals surface area contributed by atoms with Gasteiger partial charge in [0.25, 0.3) is 5.69 Å². The minimum Gasteiger partial charge on any atom is -0.497 e. The normalized spacial score (nSPS) is 10.3. The molecule has 0 radical (unpaired) electrons. The third-order valence-corrected chi connectivity index (χ3v) is 4.05. The fourth-order valence-corrected chi connectivity index (χ4v) is 2.64. The first-order valence-corrected chi connectivity index (χ1v) is 8.05. The number of hydrogen-bond donors (Lipinski definition) is 1. The van der Waals surface area contributed by atoms with Crippen LogP contribution in [0, 0.1) is 15.9 Å². The summed E-state index contributed by atoms with van der Waals surface area (Å²) in [6, 6.07) is 17.1. The van der Waals surface area contributed by atoms with Gasteiger partial charge in [-0.2, -0.15) is 0 Å². The molecule has 0 fully saturated rings. The van der Waals surface area contributed by atoms with Crippen LogP contribution >= 0.6 is 0 Å². The Balaban J connectivity index is 1.87. The molecule has 0 spiro atoms. The van der Waals surface area contributed by atoms with E-state index < -0.39 is 10.7 Å². The molecule has 0 unspecified atom stereocenters. The molecule has 3 aromatic rings. The van der Waals surface area contributed by atoms with E-state index in [2.05, 4.69) is 5.32 Å². The predicted molar refractivity (Wildman–Crippen MR) is 101 cm³/mol. The summed E-state index contributed by atoms with van der Waals surface area (Å²) in [7, 11) is 2.91. The van der Waals surface area contributed by atoms with E-state index in [4.69, 9.17) is 9.47 Å². The van der Waals surface area contributed by atoms with Crippen LogP contribution < -0.4 is 14.8 Å². The molecule has 0 heterocycles. The van der Waals surface area contributed by atoms with Gasteiger partial charge in [0.05, 0.1) is 25.2 Å². The fourth-order valence-electron chi connectivity index (χ4n) is 2.64. The van der Waals surface area contributed by atoms with Crippen LogP contribution in [0.1, 0.15) is 0 Å². The molecular weight excluding hydrogens is 351 g/mol. The monoisotopic (exact) mass is 368 g/mol. The highest BCUT2D eigenvalue weighted by Crippen LogP contribution is 2.34. The van der Waals surface area contributed by atoms with Gasteiger partial charge in [-0.15, -0.1) is 0 Å². The van der Waals surface area contributed by atoms with E-state index >= 15 is 0 Å². The van der Waals surface area contributed by atoms with Crippen LogP contribution in [0.25, 0.3) is 11.1 Å². The SMILES string of the molecule is COc1ccc(-c2ccc(Nc3cc(OC)c(F)cc3[N+](=O)[O-])cc2)cc1. The van der Waals surface area contributed by atoms with Gasteiger partial charge in [0.1, 0.15) is 11.4 Å². The zero-order valence-electron chi connectivity index (χ0n) is 14.7. The lowest BCUT2D eigenvalue weighted by Crippen LogP contribution is -2.00. The van der Waals surface area contributed by atoms with Crippen molar-refractivity contribution in [2.75, 3.05) is 19.5 Å². The van der Waals surface area contributed by atoms with Crippen molar-refractivity contribution in [2.45, 2.75) is 0 Å². The number of nitrogens with zero attached hydrogens (tertiary/aromatic N) is 1. The van der Waals surface area contributed by atoms with Gasteiger partial charge in [-0.05, 0) is 35.4 Å². The smallest absolute Gasteiger partial charge is 0.295 e. The molecule has 0 bridgehead atoms. The Morgan fingerprint density at radius 1 is 0.926 bits per heavy atom. The maximum Gasteiger partial charge on any atom is 0.295 e. The van der Waals surface area contributed by atoms with E-state index in [-0.39, 0.29) is 17.1 Å². The Kier molecular flexibility index (Phi) is 5.21. The van der Waals surface area contributed by atoms with Gasteiger partial charge in [-0.25, -0.2) is 4.39 Å². The van der Waals surface area contributed by atoms with Gasteiger partial charge in [0.2, 0.25) is 0 Å². The summed E-state index contributed by atoms with van der Waals surface area (Å²) in [5.74, 6) is -0.0860. The highest BCUT2D eigenvalue weighted by molar-refractivity contribution is 5.73. The summed E-state index contributed by atoms with van der Waals surface area (Å²) in [5, 5.41) is 14.1. The average Bonchev–Trinajstić information content (AvgIpc) is 2.69. The molecule has 0 amide bonds. The molecule has 0 aliphatic rings. The van der Waals surface area contributed by atoms with Gasteiger partial charge in [-0.1, -0.05) is 24.3 Å². The Hall–Kier alpha value is -3.61. The minimum absolute atomic E-state index is 0.0713. The molecular formula is C20H17FN2O4. The summed E-state index contributed by atoms with van der Waals surface area (Å²) in [5.41, 5.74) is 2.40. The summed E-state index contributed by atoms with van der Waals surface area (Å²) in [4.78, 5) is 10.6. The molecule has 1 N–H and O–H groups in total. The van der Waals surface area contributed by atoms with Crippen LogP contribution in [0.15, 0.2) is 60.7 Å². The lowest BCUT2D eigenvalue weighted by molar-refractivity contribution is -0.384. The lowest BCUT2D eigenvalue weighted by atomic mass is 10.1. The molecule has 3 rings (SSSR count). The van der Waals surface area contributed by atoms with Crippen LogP contribution in [-0.4, -0.2) is 19.1 Å². The van der Waals surface area contributed by atoms with Crippen molar-refractivity contribution in [3.8, 4) is 22.6 Å². The largest absolute Gasteiger partial charge is 0.497 e. The number of nitro groups is 1. The first kappa shape index (κ1) is 18.2. The molecule has 0 saturated heterocycles. The Labute approximate surface area is 155 Å². The highest BCUT2D eigenvalue weighted by atomic mass is 19.1. The first-order valence-electron chi connectivity index (χ1n) is 8.05. The quantitative estimate of drug-likeness (QED) is 0.480. The zero-order chi connectivity index (χ0) is 19.4. The minimum atomic E-state index is -0.787. The molecule has 0 atom stereocenters. The molecule has 6 nitrogen and oxygen atoms in total. The fraction of sp³-hybridized carbons (Fsp3) is 0.100. The van der Waals surface area contributed by atoms with Gasteiger partial charge in [-0.3, -0.25) is 10.1 Å². The first-order chi connectivity index (χ1) is 13.0. The lowest BCUT2D eigenvalue weighted by Gasteiger charge is -2.11. The Bertz CT molecular complexity index is 957. The standard InChI is InChI=1S/C20H17FN2O4/c1-26-16-9-5-14(6-10-16)13-3-7-15(8-4-13)22-18-12-20(27-2)17(21)11-19(18)23(24)25/h3-12,22H,1-2H3. The summed E-state index contributed by atoms with van der Waals surface area (Å²) < 4.78 is 23.8. The molecule has 138 valence electrons. The van der Waals surface area contributed by atoms with Crippen LogP contribution in [0.2, 0.25) is 0 Å². The topological polar surface area (TPSA) is 73.6 Å². The third-order valence-electron chi connectivity index (χ3n) is 4.05. The van der Waals surface area contributed by atoms with Crippen molar-refractivity contribution in [3.05, 3.63) is 76.6 Å². The number of methoxy groups -OCH3 is 2. The Morgan fingerprint density at radius 3 is 2.04 bits per heavy atom. The van der Waals surface area contributed by atoms with Crippen LogP contribution in [-0.2, 0) is 0 Å². The number of hydrogen-bond acceptors (Lipinski definition) is 5. The molecule has 0 aliphatic heterocycles. The molecule has 0 aliphatic carbocycles. The van der Waals surface area contributed by atoms with Gasteiger partial charge in [0, 0.05) is 11.8 Å². The van der Waals surface area contributed by atoms with Crippen molar-refractivity contribution in [1.29, 1.82) is 0 Å². The van der Waals surface area contributed by atoms with Crippen LogP contribution in [0.4, 0.5) is 21.5 Å². The van der Waals surface area contributed by atoms with Gasteiger partial charge in [0.15, 0.2) is 11.6 Å². The number of ether oxygens (including phenoxy) is 2. The predicted octanol–water partition coefficient (Wildman–Crippen LogP) is 5.16. The summed E-state index contributed by atoms with van der Waals surface area (Å²) in [6.07, 6.45) is 0. The molecule has 0 aromatic heterocycles. The van der Waals surface area contributed by atoms with Crippen molar-refractivity contribution in [1.82, 2.24) is 0 Å². The highest BCUT2D eigenvalue weighted by Gasteiger charge is 2.19. The second-order valence-corrected chi connectivity index (χ2v) is 5.69. The molecule has 7 heteroatoms.